The van der Waals surface area contributed by atoms with Gasteiger partial charge in [0, 0.05) is 29.6 Å². The van der Waals surface area contributed by atoms with Crippen LogP contribution in [0.15, 0.2) is 30.5 Å². The third kappa shape index (κ3) is 4.36. The van der Waals surface area contributed by atoms with E-state index >= 15 is 0 Å². The van der Waals surface area contributed by atoms with Crippen LogP contribution in [-0.2, 0) is 11.2 Å². The van der Waals surface area contributed by atoms with Crippen LogP contribution in [0.2, 0.25) is 0 Å². The van der Waals surface area contributed by atoms with E-state index in [0.29, 0.717) is 0 Å². The van der Waals surface area contributed by atoms with E-state index in [1.165, 1.54) is 16.5 Å². The van der Waals surface area contributed by atoms with Crippen molar-refractivity contribution in [1.82, 2.24) is 10.3 Å². The molecule has 1 aromatic heterocycles. The Morgan fingerprint density at radius 3 is 2.82 bits per heavy atom. The molecule has 1 aromatic carbocycles. The van der Waals surface area contributed by atoms with Crippen molar-refractivity contribution in [2.45, 2.75) is 52.4 Å². The first kappa shape index (κ1) is 16.6. The lowest BCUT2D eigenvalue weighted by atomic mass is 9.98. The number of amides is 1. The Kier molecular flexibility index (Phi) is 6.50. The van der Waals surface area contributed by atoms with Crippen molar-refractivity contribution in [3.05, 3.63) is 36.0 Å². The predicted molar refractivity (Wildman–Crippen MR) is 92.9 cm³/mol. The van der Waals surface area contributed by atoms with Crippen LogP contribution < -0.4 is 5.32 Å². The van der Waals surface area contributed by atoms with Gasteiger partial charge < -0.3 is 10.3 Å². The lowest BCUT2D eigenvalue weighted by molar-refractivity contribution is -0.125. The van der Waals surface area contributed by atoms with Crippen molar-refractivity contribution in [1.29, 1.82) is 0 Å². The maximum atomic E-state index is 12.1. The van der Waals surface area contributed by atoms with Gasteiger partial charge in [-0.3, -0.25) is 4.79 Å². The highest BCUT2D eigenvalue weighted by molar-refractivity contribution is 5.83. The van der Waals surface area contributed by atoms with Gasteiger partial charge in [-0.1, -0.05) is 44.9 Å². The number of unbranched alkanes of at least 4 members (excludes halogenated alkanes) is 1. The summed E-state index contributed by atoms with van der Waals surface area (Å²) < 4.78 is 0. The first-order valence-corrected chi connectivity index (χ1v) is 8.59. The van der Waals surface area contributed by atoms with Gasteiger partial charge in [0.15, 0.2) is 0 Å². The molecule has 1 unspecified atom stereocenters. The highest BCUT2D eigenvalue weighted by atomic mass is 16.1. The molecule has 0 spiro atoms. The molecule has 0 saturated heterocycles. The van der Waals surface area contributed by atoms with E-state index in [4.69, 9.17) is 0 Å². The molecule has 22 heavy (non-hydrogen) atoms. The van der Waals surface area contributed by atoms with E-state index in [0.717, 1.165) is 45.1 Å². The van der Waals surface area contributed by atoms with Crippen molar-refractivity contribution in [3.63, 3.8) is 0 Å². The molecule has 2 aromatic rings. The van der Waals surface area contributed by atoms with Gasteiger partial charge in [-0.15, -0.1) is 0 Å². The number of hydrogen-bond acceptors (Lipinski definition) is 1. The Morgan fingerprint density at radius 2 is 2.05 bits per heavy atom. The average molecular weight is 300 g/mol. The van der Waals surface area contributed by atoms with Crippen molar-refractivity contribution >= 4 is 16.8 Å². The largest absolute Gasteiger partial charge is 0.361 e. The second kappa shape index (κ2) is 8.62. The molecular formula is C19H28N2O. The molecule has 0 bridgehead atoms. The van der Waals surface area contributed by atoms with E-state index in [9.17, 15) is 4.79 Å². The average Bonchev–Trinajstić information content (AvgIpc) is 2.95. The fourth-order valence-electron chi connectivity index (χ4n) is 2.94. The zero-order valence-corrected chi connectivity index (χ0v) is 13.8. The summed E-state index contributed by atoms with van der Waals surface area (Å²) in [6.07, 6.45) is 8.32. The van der Waals surface area contributed by atoms with Crippen molar-refractivity contribution in [2.24, 2.45) is 5.92 Å². The molecule has 1 amide bonds. The Labute approximate surface area is 133 Å². The minimum Gasteiger partial charge on any atom is -0.361 e. The lowest BCUT2D eigenvalue weighted by Crippen LogP contribution is -2.31. The van der Waals surface area contributed by atoms with E-state index in [2.05, 4.69) is 48.5 Å². The Hall–Kier alpha value is -1.77. The van der Waals surface area contributed by atoms with E-state index < -0.39 is 0 Å². The number of aromatic nitrogens is 1. The number of benzene rings is 1. The van der Waals surface area contributed by atoms with Gasteiger partial charge in [0.25, 0.3) is 0 Å². The van der Waals surface area contributed by atoms with Gasteiger partial charge >= 0.3 is 0 Å². The van der Waals surface area contributed by atoms with Crippen LogP contribution in [0.3, 0.4) is 0 Å². The summed E-state index contributed by atoms with van der Waals surface area (Å²) >= 11 is 0. The number of carbonyl (C=O) groups excluding carboxylic acids is 1. The molecule has 120 valence electrons. The Balaban J connectivity index is 1.75. The maximum Gasteiger partial charge on any atom is 0.223 e. The predicted octanol–water partition coefficient (Wildman–Crippen LogP) is 4.43. The first-order chi connectivity index (χ1) is 10.8. The third-order valence-electron chi connectivity index (χ3n) is 4.37. The molecule has 0 fully saturated rings. The minimum atomic E-state index is 0.188. The fourth-order valence-corrected chi connectivity index (χ4v) is 2.94. The van der Waals surface area contributed by atoms with Gasteiger partial charge in [0.2, 0.25) is 5.91 Å². The number of fused-ring (bicyclic) bond motifs is 1. The van der Waals surface area contributed by atoms with Crippen molar-refractivity contribution in [3.8, 4) is 0 Å². The van der Waals surface area contributed by atoms with Gasteiger partial charge in [0.05, 0.1) is 0 Å². The zero-order valence-electron chi connectivity index (χ0n) is 13.8. The Bertz CT molecular complexity index is 588. The topological polar surface area (TPSA) is 44.9 Å². The monoisotopic (exact) mass is 300 g/mol. The number of nitrogens with one attached hydrogen (secondary N) is 2. The van der Waals surface area contributed by atoms with Crippen LogP contribution in [0.4, 0.5) is 0 Å². The summed E-state index contributed by atoms with van der Waals surface area (Å²) in [7, 11) is 0. The molecule has 2 N–H and O–H groups in total. The third-order valence-corrected chi connectivity index (χ3v) is 4.37. The molecule has 0 aliphatic carbocycles. The zero-order chi connectivity index (χ0) is 15.8. The molecule has 0 radical (unpaired) electrons. The second-order valence-corrected chi connectivity index (χ2v) is 6.00. The quantitative estimate of drug-likeness (QED) is 0.661. The number of aromatic amines is 1. The fraction of sp³-hybridized carbons (Fsp3) is 0.526. The van der Waals surface area contributed by atoms with Gasteiger partial charge in [0.1, 0.15) is 0 Å². The number of aryl methyl sites for hydroxylation is 1. The smallest absolute Gasteiger partial charge is 0.223 e. The molecule has 1 heterocycles. The first-order valence-electron chi connectivity index (χ1n) is 8.59. The second-order valence-electron chi connectivity index (χ2n) is 6.00. The summed E-state index contributed by atoms with van der Waals surface area (Å²) in [5, 5.41) is 4.40. The van der Waals surface area contributed by atoms with Gasteiger partial charge in [-0.05, 0) is 37.3 Å². The van der Waals surface area contributed by atoms with Crippen LogP contribution in [0.5, 0.6) is 0 Å². The Morgan fingerprint density at radius 1 is 1.23 bits per heavy atom. The number of para-hydroxylation sites is 1. The normalized spacial score (nSPS) is 12.5. The number of H-pyrrole nitrogens is 1. The molecule has 1 atom stereocenters. The van der Waals surface area contributed by atoms with Crippen LogP contribution in [0.25, 0.3) is 10.9 Å². The molecule has 3 nitrogen and oxygen atoms in total. The molecule has 0 saturated carbocycles. The lowest BCUT2D eigenvalue weighted by Gasteiger charge is -2.14. The highest BCUT2D eigenvalue weighted by Gasteiger charge is 2.14. The van der Waals surface area contributed by atoms with Crippen LogP contribution in [0, 0.1) is 5.92 Å². The summed E-state index contributed by atoms with van der Waals surface area (Å²) in [6.45, 7) is 5.04. The summed E-state index contributed by atoms with van der Waals surface area (Å²) in [4.78, 5) is 15.4. The van der Waals surface area contributed by atoms with Crippen LogP contribution >= 0.6 is 0 Å². The maximum absolute atomic E-state index is 12.1. The van der Waals surface area contributed by atoms with Crippen molar-refractivity contribution < 1.29 is 4.79 Å². The number of hydrogen-bond donors (Lipinski definition) is 2. The number of carbonyl (C=O) groups is 1. The molecule has 3 heteroatoms. The highest BCUT2D eigenvalue weighted by Crippen LogP contribution is 2.18. The summed E-state index contributed by atoms with van der Waals surface area (Å²) in [6, 6.07) is 8.36. The van der Waals surface area contributed by atoms with Crippen LogP contribution in [0.1, 0.15) is 51.5 Å². The molecule has 2 rings (SSSR count). The van der Waals surface area contributed by atoms with Gasteiger partial charge in [-0.2, -0.15) is 0 Å². The standard InChI is InChI=1S/C19H28N2O/c1-3-5-9-15(4-2)19(22)20-13-8-10-16-14-21-18-12-7-6-11-17(16)18/h6-7,11-12,14-15,21H,3-5,8-10,13H2,1-2H3,(H,20,22). The SMILES string of the molecule is CCCCC(CC)C(=O)NCCCc1c[nH]c2ccccc12. The number of rotatable bonds is 9. The van der Waals surface area contributed by atoms with E-state index in [-0.39, 0.29) is 11.8 Å². The molecule has 0 aliphatic rings. The summed E-state index contributed by atoms with van der Waals surface area (Å²) in [5.41, 5.74) is 2.52. The minimum absolute atomic E-state index is 0.188. The van der Waals surface area contributed by atoms with Crippen LogP contribution in [-0.4, -0.2) is 17.4 Å². The molecule has 0 aliphatic heterocycles. The molecular weight excluding hydrogens is 272 g/mol. The summed E-state index contributed by atoms with van der Waals surface area (Å²) in [5.74, 6) is 0.419. The van der Waals surface area contributed by atoms with Crippen molar-refractivity contribution in [2.75, 3.05) is 6.54 Å². The van der Waals surface area contributed by atoms with E-state index in [1.807, 2.05) is 6.07 Å². The van der Waals surface area contributed by atoms with E-state index in [1.54, 1.807) is 0 Å². The van der Waals surface area contributed by atoms with Gasteiger partial charge in [-0.25, -0.2) is 0 Å².